The van der Waals surface area contributed by atoms with Gasteiger partial charge in [0, 0.05) is 69.5 Å². The van der Waals surface area contributed by atoms with Crippen LogP contribution in [0, 0.1) is 12.3 Å². The first-order chi connectivity index (χ1) is 37.6. The van der Waals surface area contributed by atoms with Crippen molar-refractivity contribution < 1.29 is 57.4 Å². The summed E-state index contributed by atoms with van der Waals surface area (Å²) in [7, 11) is 3.16. The number of thiazole rings is 1. The SMILES string of the molecule is Cc1ncsc1-c1ccc(CNC(=O)[C@@H]2C[C@@H](O)CN2C(=O)[C@@H](NC(=O)C2(F)CC2)C(C)(C)C)c(OCC(=O)NCCCCCCNC(=O)c2ccc3c(c2)[C@H](NC(=O)c2cc(-c4ccc(C(=O)N(C)C)c(O)c4)on2)CC3)c1. The van der Waals surface area contributed by atoms with Gasteiger partial charge in [-0.05, 0) is 97.9 Å². The van der Waals surface area contributed by atoms with Crippen LogP contribution in [0.15, 0.2) is 70.7 Å². The lowest BCUT2D eigenvalue weighted by molar-refractivity contribution is -0.145. The molecule has 79 heavy (non-hydrogen) atoms. The first kappa shape index (κ1) is 57.5. The number of hydrogen-bond acceptors (Lipinski definition) is 14. The van der Waals surface area contributed by atoms with E-state index < -0.39 is 52.9 Å². The van der Waals surface area contributed by atoms with Crippen LogP contribution in [0.2, 0.25) is 0 Å². The quantitative estimate of drug-likeness (QED) is 0.0411. The standard InChI is InChI=1S/C57H68FN9O11S/c1-32-48(79-31-62-32)35-12-14-37(28-61-52(73)43-26-38(68)29-67(43)54(75)49(56(2,3)4)64-55(76)57(58)19-20-57)45(25-35)77-30-47(70)59-21-9-7-8-10-22-60-50(71)36-13-11-33-16-18-41(40(33)23-36)63-51(72)42-27-46(78-65-42)34-15-17-39(44(69)24-34)53(74)66(5)6/h11-15,17,23-25,27,31,38,41,43,49,68-69H,7-10,16,18-22,26,28-30H2,1-6H3,(H,59,70)(H,60,71)(H,61,73)(H,63,72)(H,64,76)/t38-,41-,43+,49-/m1/s1. The summed E-state index contributed by atoms with van der Waals surface area (Å²) < 4.78 is 26.2. The molecule has 1 saturated heterocycles. The number of unbranched alkanes of at least 4 members (excludes halogenated alkanes) is 3. The van der Waals surface area contributed by atoms with E-state index in [-0.39, 0.29) is 85.5 Å². The van der Waals surface area contributed by atoms with Crippen LogP contribution in [0.5, 0.6) is 11.5 Å². The normalized spacial score (nSPS) is 17.5. The molecule has 0 bridgehead atoms. The molecule has 420 valence electrons. The number of alkyl halides is 1. The summed E-state index contributed by atoms with van der Waals surface area (Å²) in [5.74, 6) is -3.03. The molecule has 3 aromatic carbocycles. The Balaban J connectivity index is 0.767. The van der Waals surface area contributed by atoms with Gasteiger partial charge in [0.15, 0.2) is 23.7 Å². The van der Waals surface area contributed by atoms with Crippen LogP contribution in [0.4, 0.5) is 4.39 Å². The van der Waals surface area contributed by atoms with Gasteiger partial charge in [-0.3, -0.25) is 33.6 Å². The number of likely N-dealkylation sites (tertiary alicyclic amines) is 1. The Hall–Kier alpha value is -7.72. The number of phenolic OH excluding ortho intramolecular Hbond substituents is 1. The zero-order chi connectivity index (χ0) is 56.8. The molecule has 4 atom stereocenters. The second-order valence-corrected chi connectivity index (χ2v) is 22.6. The fourth-order valence-electron chi connectivity index (χ4n) is 9.65. The predicted molar refractivity (Wildman–Crippen MR) is 291 cm³/mol. The van der Waals surface area contributed by atoms with Crippen molar-refractivity contribution in [2.75, 3.05) is 40.3 Å². The van der Waals surface area contributed by atoms with Crippen molar-refractivity contribution in [2.45, 2.75) is 122 Å². The van der Waals surface area contributed by atoms with Crippen molar-refractivity contribution >= 4 is 52.7 Å². The molecule has 8 rings (SSSR count). The molecule has 0 unspecified atom stereocenters. The summed E-state index contributed by atoms with van der Waals surface area (Å²) in [5.41, 5.74) is 4.03. The number of ether oxygens (including phenoxy) is 1. The minimum absolute atomic E-state index is 0.0336. The molecule has 3 heterocycles. The molecule has 2 aliphatic carbocycles. The molecule has 1 saturated carbocycles. The molecule has 0 radical (unpaired) electrons. The molecule has 20 nitrogen and oxygen atoms in total. The highest BCUT2D eigenvalue weighted by molar-refractivity contribution is 7.13. The lowest BCUT2D eigenvalue weighted by atomic mass is 9.85. The number of halogens is 1. The summed E-state index contributed by atoms with van der Waals surface area (Å²) in [6.45, 7) is 7.45. The van der Waals surface area contributed by atoms with Crippen LogP contribution in [0.3, 0.4) is 0 Å². The Morgan fingerprint density at radius 3 is 2.34 bits per heavy atom. The minimum Gasteiger partial charge on any atom is -0.507 e. The van der Waals surface area contributed by atoms with Crippen molar-refractivity contribution in [3.05, 3.63) is 105 Å². The van der Waals surface area contributed by atoms with Gasteiger partial charge in [0.25, 0.3) is 29.5 Å². The van der Waals surface area contributed by atoms with Crippen molar-refractivity contribution in [2.24, 2.45) is 5.41 Å². The number of benzene rings is 3. The van der Waals surface area contributed by atoms with Crippen molar-refractivity contribution in [3.8, 4) is 33.3 Å². The fraction of sp³-hybridized carbons (Fsp3) is 0.456. The zero-order valence-corrected chi connectivity index (χ0v) is 46.0. The van der Waals surface area contributed by atoms with Crippen LogP contribution in [0.25, 0.3) is 21.8 Å². The number of rotatable bonds is 22. The molecule has 22 heteroatoms. The molecular weight excluding hydrogens is 1040 g/mol. The van der Waals surface area contributed by atoms with Crippen LogP contribution >= 0.6 is 11.3 Å². The summed E-state index contributed by atoms with van der Waals surface area (Å²) in [5, 5.41) is 39.3. The molecule has 7 N–H and O–H groups in total. The first-order valence-corrected chi connectivity index (χ1v) is 27.4. The summed E-state index contributed by atoms with van der Waals surface area (Å²) in [4.78, 5) is 100. The highest BCUT2D eigenvalue weighted by atomic mass is 32.1. The van der Waals surface area contributed by atoms with E-state index in [1.807, 2.05) is 19.1 Å². The van der Waals surface area contributed by atoms with Crippen LogP contribution in [0.1, 0.15) is 132 Å². The average Bonchev–Trinajstić information content (AvgIpc) is 4.10. The summed E-state index contributed by atoms with van der Waals surface area (Å²) in [6.07, 6.45) is 3.48. The zero-order valence-electron chi connectivity index (χ0n) is 45.2. The van der Waals surface area contributed by atoms with E-state index in [1.165, 1.54) is 39.3 Å². The van der Waals surface area contributed by atoms with Gasteiger partial charge in [0.05, 0.1) is 33.8 Å². The number of aryl methyl sites for hydroxylation is 2. The Bertz CT molecular complexity index is 3110. The van der Waals surface area contributed by atoms with Crippen LogP contribution in [-0.2, 0) is 32.1 Å². The number of nitrogens with one attached hydrogen (secondary N) is 5. The van der Waals surface area contributed by atoms with E-state index in [4.69, 9.17) is 9.26 Å². The number of nitrogens with zero attached hydrogens (tertiary/aromatic N) is 4. The van der Waals surface area contributed by atoms with Gasteiger partial charge in [-0.1, -0.05) is 63.0 Å². The number of aliphatic hydroxyl groups excluding tert-OH is 1. The third kappa shape index (κ3) is 13.9. The molecule has 0 spiro atoms. The predicted octanol–water partition coefficient (Wildman–Crippen LogP) is 5.69. The Morgan fingerprint density at radius 2 is 1.66 bits per heavy atom. The number of aromatic hydroxyl groups is 1. The van der Waals surface area contributed by atoms with Gasteiger partial charge in [0.1, 0.15) is 23.6 Å². The number of β-amino-alcohol motifs (C(OH)–C–C–N with tert-alkyl or cyclic N) is 1. The van der Waals surface area contributed by atoms with Crippen molar-refractivity contribution in [1.82, 2.24) is 46.5 Å². The van der Waals surface area contributed by atoms with Crippen molar-refractivity contribution in [1.29, 1.82) is 0 Å². The summed E-state index contributed by atoms with van der Waals surface area (Å²) in [6, 6.07) is 14.3. The molecule has 2 fully saturated rings. The van der Waals surface area contributed by atoms with Crippen molar-refractivity contribution in [3.63, 3.8) is 0 Å². The Morgan fingerprint density at radius 1 is 0.924 bits per heavy atom. The Labute approximate surface area is 461 Å². The lowest BCUT2D eigenvalue weighted by Crippen LogP contribution is -2.59. The maximum absolute atomic E-state index is 14.7. The maximum Gasteiger partial charge on any atom is 0.273 e. The number of hydrogen-bond donors (Lipinski definition) is 7. The van der Waals surface area contributed by atoms with Crippen LogP contribution in [-0.4, -0.2) is 136 Å². The molecule has 2 aromatic heterocycles. The molecule has 7 amide bonds. The first-order valence-electron chi connectivity index (χ1n) is 26.5. The van der Waals surface area contributed by atoms with E-state index in [1.54, 1.807) is 70.7 Å². The smallest absolute Gasteiger partial charge is 0.273 e. The average molecular weight is 1110 g/mol. The van der Waals surface area contributed by atoms with Gasteiger partial charge < -0.3 is 55.9 Å². The highest BCUT2D eigenvalue weighted by Crippen LogP contribution is 2.41. The van der Waals surface area contributed by atoms with E-state index in [2.05, 4.69) is 36.7 Å². The Kier molecular flexibility index (Phi) is 17.8. The summed E-state index contributed by atoms with van der Waals surface area (Å²) >= 11 is 1.45. The van der Waals surface area contributed by atoms with E-state index >= 15 is 0 Å². The highest BCUT2D eigenvalue weighted by Gasteiger charge is 2.53. The number of carbonyl (C=O) groups excluding carboxylic acids is 7. The van der Waals surface area contributed by atoms with E-state index in [0.717, 1.165) is 46.5 Å². The molecule has 1 aliphatic heterocycles. The molecule has 3 aliphatic rings. The second-order valence-electron chi connectivity index (χ2n) is 21.7. The number of aromatic nitrogens is 2. The minimum atomic E-state index is -2.01. The molecular formula is C57H68FN9O11S. The lowest BCUT2D eigenvalue weighted by Gasteiger charge is -2.35. The number of fused-ring (bicyclic) bond motifs is 1. The number of phenols is 1. The van der Waals surface area contributed by atoms with E-state index in [9.17, 15) is 48.2 Å². The van der Waals surface area contributed by atoms with Gasteiger partial charge in [-0.2, -0.15) is 0 Å². The number of amides is 7. The van der Waals surface area contributed by atoms with Crippen LogP contribution < -0.4 is 31.3 Å². The topological polar surface area (TPSA) is 275 Å². The number of aliphatic hydroxyl groups is 1. The largest absolute Gasteiger partial charge is 0.507 e. The monoisotopic (exact) mass is 1110 g/mol. The fourth-order valence-corrected chi connectivity index (χ4v) is 10.5. The number of carbonyl (C=O) groups is 7. The maximum atomic E-state index is 14.7. The van der Waals surface area contributed by atoms with Gasteiger partial charge in [-0.25, -0.2) is 9.37 Å². The third-order valence-electron chi connectivity index (χ3n) is 14.4. The third-order valence-corrected chi connectivity index (χ3v) is 15.4. The van der Waals surface area contributed by atoms with Gasteiger partial charge >= 0.3 is 0 Å². The second kappa shape index (κ2) is 24.5. The van der Waals surface area contributed by atoms with Gasteiger partial charge in [-0.15, -0.1) is 11.3 Å². The van der Waals surface area contributed by atoms with E-state index in [0.29, 0.717) is 54.8 Å². The van der Waals surface area contributed by atoms with Gasteiger partial charge in [0.2, 0.25) is 11.8 Å². The molecule has 5 aromatic rings.